The Kier molecular flexibility index (Phi) is 5.97. The third-order valence-corrected chi connectivity index (χ3v) is 4.24. The topological polar surface area (TPSA) is 26.0 Å². The maximum absolute atomic E-state index is 6.37. The highest BCUT2D eigenvalue weighted by Crippen LogP contribution is 2.30. The van der Waals surface area contributed by atoms with Crippen LogP contribution >= 0.6 is 23.2 Å². The van der Waals surface area contributed by atoms with Gasteiger partial charge in [-0.2, -0.15) is 0 Å². The molecule has 1 atom stereocenters. The van der Waals surface area contributed by atoms with Crippen molar-refractivity contribution in [3.63, 3.8) is 0 Å². The Hall–Kier alpha value is -0.240. The Labute approximate surface area is 121 Å². The highest BCUT2D eigenvalue weighted by atomic mass is 35.5. The van der Waals surface area contributed by atoms with Crippen molar-refractivity contribution in [2.24, 2.45) is 23.5 Å². The first kappa shape index (κ1) is 15.8. The summed E-state index contributed by atoms with van der Waals surface area (Å²) in [6.07, 6.45) is 0.736. The second-order valence-corrected chi connectivity index (χ2v) is 6.45. The summed E-state index contributed by atoms with van der Waals surface area (Å²) in [5, 5.41) is 1.42. The van der Waals surface area contributed by atoms with Gasteiger partial charge in [-0.15, -0.1) is 0 Å². The minimum Gasteiger partial charge on any atom is -0.327 e. The van der Waals surface area contributed by atoms with Gasteiger partial charge in [0.05, 0.1) is 0 Å². The molecule has 18 heavy (non-hydrogen) atoms. The van der Waals surface area contributed by atoms with Crippen molar-refractivity contribution in [3.8, 4) is 0 Å². The van der Waals surface area contributed by atoms with Crippen LogP contribution in [0.15, 0.2) is 18.2 Å². The summed E-state index contributed by atoms with van der Waals surface area (Å²) in [4.78, 5) is 0. The van der Waals surface area contributed by atoms with Gasteiger partial charge in [-0.05, 0) is 41.9 Å². The molecule has 0 radical (unpaired) electrons. The molecule has 1 rings (SSSR count). The Morgan fingerprint density at radius 2 is 1.44 bits per heavy atom. The quantitative estimate of drug-likeness (QED) is 0.828. The zero-order chi connectivity index (χ0) is 13.9. The van der Waals surface area contributed by atoms with Crippen LogP contribution in [0.2, 0.25) is 10.0 Å². The highest BCUT2D eigenvalue weighted by Gasteiger charge is 2.25. The fourth-order valence-corrected chi connectivity index (χ4v) is 3.41. The van der Waals surface area contributed by atoms with E-state index in [0.717, 1.165) is 12.0 Å². The van der Waals surface area contributed by atoms with Gasteiger partial charge in [-0.1, -0.05) is 57.0 Å². The van der Waals surface area contributed by atoms with Crippen LogP contribution in [0.25, 0.3) is 0 Å². The summed E-state index contributed by atoms with van der Waals surface area (Å²) in [6, 6.07) is 5.69. The minimum atomic E-state index is 0.0856. The summed E-state index contributed by atoms with van der Waals surface area (Å²) in [7, 11) is 0. The number of benzene rings is 1. The summed E-state index contributed by atoms with van der Waals surface area (Å²) in [6.45, 7) is 8.88. The van der Waals surface area contributed by atoms with E-state index >= 15 is 0 Å². The van der Waals surface area contributed by atoms with Gasteiger partial charge >= 0.3 is 0 Å². The SMILES string of the molecule is CC(C)C(C(C)C)C(N)Cc1c(Cl)cccc1Cl. The maximum Gasteiger partial charge on any atom is 0.0453 e. The van der Waals surface area contributed by atoms with E-state index in [1.54, 1.807) is 0 Å². The van der Waals surface area contributed by atoms with Crippen molar-refractivity contribution >= 4 is 23.2 Å². The summed E-state index contributed by atoms with van der Waals surface area (Å²) < 4.78 is 0. The van der Waals surface area contributed by atoms with Crippen molar-refractivity contribution in [2.45, 2.75) is 40.2 Å². The van der Waals surface area contributed by atoms with Crippen molar-refractivity contribution < 1.29 is 0 Å². The largest absolute Gasteiger partial charge is 0.327 e. The molecule has 0 heterocycles. The molecule has 0 aromatic heterocycles. The van der Waals surface area contributed by atoms with E-state index in [9.17, 15) is 0 Å². The smallest absolute Gasteiger partial charge is 0.0453 e. The van der Waals surface area contributed by atoms with Crippen LogP contribution < -0.4 is 5.73 Å². The normalized spacial score (nSPS) is 13.7. The Balaban J connectivity index is 2.89. The first-order chi connectivity index (χ1) is 8.34. The lowest BCUT2D eigenvalue weighted by atomic mass is 9.78. The van der Waals surface area contributed by atoms with Gasteiger partial charge in [0.2, 0.25) is 0 Å². The third kappa shape index (κ3) is 3.88. The lowest BCUT2D eigenvalue weighted by molar-refractivity contribution is 0.237. The predicted molar refractivity (Wildman–Crippen MR) is 81.3 cm³/mol. The van der Waals surface area contributed by atoms with E-state index in [2.05, 4.69) is 27.7 Å². The van der Waals surface area contributed by atoms with Crippen LogP contribution in [0.1, 0.15) is 33.3 Å². The van der Waals surface area contributed by atoms with E-state index in [0.29, 0.717) is 27.8 Å². The second kappa shape index (κ2) is 6.79. The molecule has 0 saturated heterocycles. The van der Waals surface area contributed by atoms with Gasteiger partial charge in [0.15, 0.2) is 0 Å². The monoisotopic (exact) mass is 287 g/mol. The van der Waals surface area contributed by atoms with Crippen LogP contribution in [0.5, 0.6) is 0 Å². The molecule has 0 saturated carbocycles. The van der Waals surface area contributed by atoms with Crippen molar-refractivity contribution in [1.82, 2.24) is 0 Å². The number of nitrogens with two attached hydrogens (primary N) is 1. The molecule has 0 fully saturated rings. The zero-order valence-electron chi connectivity index (χ0n) is 11.6. The molecule has 0 aliphatic heterocycles. The number of rotatable bonds is 5. The van der Waals surface area contributed by atoms with E-state index in [-0.39, 0.29) is 6.04 Å². The van der Waals surface area contributed by atoms with Gasteiger partial charge in [-0.25, -0.2) is 0 Å². The lowest BCUT2D eigenvalue weighted by Gasteiger charge is -2.31. The van der Waals surface area contributed by atoms with Gasteiger partial charge in [0, 0.05) is 16.1 Å². The maximum atomic E-state index is 6.37. The molecule has 0 bridgehead atoms. The molecule has 1 aromatic rings. The van der Waals surface area contributed by atoms with Crippen LogP contribution in [-0.4, -0.2) is 6.04 Å². The van der Waals surface area contributed by atoms with E-state index in [1.165, 1.54) is 0 Å². The summed E-state index contributed by atoms with van der Waals surface area (Å²) in [5.74, 6) is 1.58. The molecule has 102 valence electrons. The highest BCUT2D eigenvalue weighted by molar-refractivity contribution is 6.35. The Bertz CT molecular complexity index is 360. The molecule has 3 heteroatoms. The standard InChI is InChI=1S/C15H23Cl2N/c1-9(2)15(10(3)4)14(18)8-11-12(16)6-5-7-13(11)17/h5-7,9-10,14-15H,8,18H2,1-4H3. The van der Waals surface area contributed by atoms with Crippen LogP contribution in [-0.2, 0) is 6.42 Å². The first-order valence-corrected chi connectivity index (χ1v) is 7.28. The molecule has 1 unspecified atom stereocenters. The molecule has 1 nitrogen and oxygen atoms in total. The Morgan fingerprint density at radius 3 is 1.83 bits per heavy atom. The van der Waals surface area contributed by atoms with Crippen LogP contribution in [0.4, 0.5) is 0 Å². The second-order valence-electron chi connectivity index (χ2n) is 5.63. The Morgan fingerprint density at radius 1 is 1.00 bits per heavy atom. The van der Waals surface area contributed by atoms with Crippen molar-refractivity contribution in [3.05, 3.63) is 33.8 Å². The number of hydrogen-bond donors (Lipinski definition) is 1. The van der Waals surface area contributed by atoms with Gasteiger partial charge in [0.25, 0.3) is 0 Å². The molecule has 2 N–H and O–H groups in total. The third-order valence-electron chi connectivity index (χ3n) is 3.54. The zero-order valence-corrected chi connectivity index (χ0v) is 13.1. The average molecular weight is 288 g/mol. The van der Waals surface area contributed by atoms with Gasteiger partial charge < -0.3 is 5.73 Å². The van der Waals surface area contributed by atoms with E-state index in [4.69, 9.17) is 28.9 Å². The molecular formula is C15H23Cl2N. The van der Waals surface area contributed by atoms with E-state index < -0.39 is 0 Å². The molecular weight excluding hydrogens is 265 g/mol. The van der Waals surface area contributed by atoms with Gasteiger partial charge in [0.1, 0.15) is 0 Å². The molecule has 0 aliphatic carbocycles. The fourth-order valence-electron chi connectivity index (χ4n) is 2.86. The first-order valence-electron chi connectivity index (χ1n) is 6.53. The summed E-state index contributed by atoms with van der Waals surface area (Å²) in [5.41, 5.74) is 7.34. The predicted octanol–water partition coefficient (Wildman–Crippen LogP) is 4.79. The van der Waals surface area contributed by atoms with Crippen LogP contribution in [0.3, 0.4) is 0 Å². The average Bonchev–Trinajstić information content (AvgIpc) is 2.22. The molecule has 0 aliphatic rings. The van der Waals surface area contributed by atoms with Crippen molar-refractivity contribution in [2.75, 3.05) is 0 Å². The molecule has 1 aromatic carbocycles. The fraction of sp³-hybridized carbons (Fsp3) is 0.600. The number of halogens is 2. The van der Waals surface area contributed by atoms with E-state index in [1.807, 2.05) is 18.2 Å². The van der Waals surface area contributed by atoms with Gasteiger partial charge in [-0.3, -0.25) is 0 Å². The summed E-state index contributed by atoms with van der Waals surface area (Å²) >= 11 is 12.4. The molecule has 0 amide bonds. The minimum absolute atomic E-state index is 0.0856. The number of hydrogen-bond acceptors (Lipinski definition) is 1. The molecule has 0 spiro atoms. The van der Waals surface area contributed by atoms with Crippen LogP contribution in [0, 0.1) is 17.8 Å². The van der Waals surface area contributed by atoms with Crippen molar-refractivity contribution in [1.29, 1.82) is 0 Å². The lowest BCUT2D eigenvalue weighted by Crippen LogP contribution is -2.38.